The van der Waals surface area contributed by atoms with Gasteiger partial charge in [-0.15, -0.1) is 0 Å². The number of hydrogen-bond acceptors (Lipinski definition) is 5. The lowest BCUT2D eigenvalue weighted by molar-refractivity contribution is -0.141. The van der Waals surface area contributed by atoms with Crippen LogP contribution in [-0.4, -0.2) is 45.7 Å². The molecule has 2 bridgehead atoms. The van der Waals surface area contributed by atoms with Crippen molar-refractivity contribution in [3.05, 3.63) is 58.6 Å². The fraction of sp³-hybridized carbons (Fsp3) is 0.333. The third kappa shape index (κ3) is 4.59. The quantitative estimate of drug-likeness (QED) is 0.476. The molecule has 0 aliphatic heterocycles. The first-order valence-corrected chi connectivity index (χ1v) is 10.2. The molecule has 0 atom stereocenters. The van der Waals surface area contributed by atoms with E-state index < -0.39 is 11.9 Å². The molecule has 3 amide bonds. The molecule has 11 heteroatoms. The molecule has 0 spiro atoms. The summed E-state index contributed by atoms with van der Waals surface area (Å²) in [5, 5.41) is 16.8. The van der Waals surface area contributed by atoms with Gasteiger partial charge in [-0.05, 0) is 49.1 Å². The molecule has 3 aliphatic rings. The highest BCUT2D eigenvalue weighted by molar-refractivity contribution is 6.30. The molecule has 2 aromatic rings. The van der Waals surface area contributed by atoms with E-state index in [0.717, 1.165) is 6.07 Å². The molecule has 0 unspecified atom stereocenters. The number of aromatic nitrogens is 1. The van der Waals surface area contributed by atoms with E-state index in [1.165, 1.54) is 24.4 Å². The lowest BCUT2D eigenvalue weighted by Gasteiger charge is -2.70. The predicted molar refractivity (Wildman–Crippen MR) is 111 cm³/mol. The zero-order valence-electron chi connectivity index (χ0n) is 16.8. The van der Waals surface area contributed by atoms with Crippen molar-refractivity contribution in [1.29, 1.82) is 0 Å². The molecule has 3 aliphatic carbocycles. The molecule has 168 valence electrons. The molecule has 1 aromatic carbocycles. The van der Waals surface area contributed by atoms with Crippen LogP contribution in [0, 0.1) is 5.82 Å². The number of nitrogens with one attached hydrogen (secondary N) is 3. The van der Waals surface area contributed by atoms with E-state index in [2.05, 4.69) is 20.9 Å². The lowest BCUT2D eigenvalue weighted by Crippen LogP contribution is -2.84. The Morgan fingerprint density at radius 1 is 1.12 bits per heavy atom. The largest absolute Gasteiger partial charge is 0.484 e. The van der Waals surface area contributed by atoms with Crippen LogP contribution in [0.4, 0.5) is 9.18 Å². The van der Waals surface area contributed by atoms with Crippen LogP contribution in [0.3, 0.4) is 0 Å². The van der Waals surface area contributed by atoms with E-state index >= 15 is 0 Å². The van der Waals surface area contributed by atoms with Gasteiger partial charge in [0.05, 0.1) is 5.02 Å². The van der Waals surface area contributed by atoms with Crippen LogP contribution in [-0.2, 0) is 11.3 Å². The Kier molecular flexibility index (Phi) is 5.64. The van der Waals surface area contributed by atoms with Gasteiger partial charge in [0, 0.05) is 29.9 Å². The summed E-state index contributed by atoms with van der Waals surface area (Å²) in [4.78, 5) is 39.4. The highest BCUT2D eigenvalue weighted by atomic mass is 35.5. The zero-order chi connectivity index (χ0) is 22.9. The van der Waals surface area contributed by atoms with Gasteiger partial charge < -0.3 is 25.8 Å². The van der Waals surface area contributed by atoms with Crippen molar-refractivity contribution < 1.29 is 28.6 Å². The SMILES string of the molecule is O=C(O)NCc1ccnc(C(=O)NC23CC(NC(=O)COc4ccc(Cl)c(F)c4)(C2)C3)c1. The van der Waals surface area contributed by atoms with Crippen molar-refractivity contribution in [1.82, 2.24) is 20.9 Å². The summed E-state index contributed by atoms with van der Waals surface area (Å²) >= 11 is 5.62. The summed E-state index contributed by atoms with van der Waals surface area (Å²) in [5.74, 6) is -1.10. The summed E-state index contributed by atoms with van der Waals surface area (Å²) in [6.07, 6.45) is 2.07. The van der Waals surface area contributed by atoms with Gasteiger partial charge in [0.2, 0.25) is 0 Å². The second kappa shape index (κ2) is 8.27. The summed E-state index contributed by atoms with van der Waals surface area (Å²) < 4.78 is 18.7. The number of benzene rings is 1. The first-order valence-electron chi connectivity index (χ1n) is 9.81. The lowest BCUT2D eigenvalue weighted by atomic mass is 9.44. The highest BCUT2D eigenvalue weighted by Crippen LogP contribution is 2.60. The predicted octanol–water partition coefficient (Wildman–Crippen LogP) is 2.24. The maximum atomic E-state index is 13.4. The third-order valence-corrected chi connectivity index (χ3v) is 5.88. The van der Waals surface area contributed by atoms with Gasteiger partial charge in [0.1, 0.15) is 17.3 Å². The number of pyridine rings is 1. The fourth-order valence-electron chi connectivity index (χ4n) is 4.29. The maximum absolute atomic E-state index is 13.4. The Labute approximate surface area is 187 Å². The topological polar surface area (TPSA) is 130 Å². The first kappa shape index (κ1) is 21.8. The molecule has 0 radical (unpaired) electrons. The number of ether oxygens (including phenoxy) is 1. The summed E-state index contributed by atoms with van der Waals surface area (Å²) in [7, 11) is 0. The number of amides is 3. The van der Waals surface area contributed by atoms with Crippen LogP contribution in [0.15, 0.2) is 36.5 Å². The standard InChI is InChI=1S/C21H20ClFN4O5/c22-14-2-1-13(6-15(14)23)32-8-17(28)26-20-9-21(10-20,11-20)27-18(29)16-5-12(3-4-24-16)7-25-19(30)31/h1-6,25H,7-11H2,(H,26,28)(H,27,29)(H,30,31). The monoisotopic (exact) mass is 462 g/mol. The molecule has 32 heavy (non-hydrogen) atoms. The van der Waals surface area contributed by atoms with Crippen LogP contribution in [0.25, 0.3) is 0 Å². The summed E-state index contributed by atoms with van der Waals surface area (Å²) in [6, 6.07) is 7.10. The average molecular weight is 463 g/mol. The smallest absolute Gasteiger partial charge is 0.404 e. The molecule has 3 fully saturated rings. The number of carbonyl (C=O) groups excluding carboxylic acids is 2. The maximum Gasteiger partial charge on any atom is 0.404 e. The van der Waals surface area contributed by atoms with Crippen molar-refractivity contribution in [3.63, 3.8) is 0 Å². The van der Waals surface area contributed by atoms with Gasteiger partial charge in [0.15, 0.2) is 6.61 Å². The van der Waals surface area contributed by atoms with Gasteiger partial charge in [-0.2, -0.15) is 0 Å². The number of nitrogens with zero attached hydrogens (tertiary/aromatic N) is 1. The summed E-state index contributed by atoms with van der Waals surface area (Å²) in [6.45, 7) is -0.188. The molecular formula is C21H20ClFN4O5. The van der Waals surface area contributed by atoms with Crippen molar-refractivity contribution >= 4 is 29.5 Å². The number of rotatable bonds is 8. The van der Waals surface area contributed by atoms with E-state index in [4.69, 9.17) is 21.4 Å². The van der Waals surface area contributed by atoms with Crippen LogP contribution in [0.2, 0.25) is 5.02 Å². The van der Waals surface area contributed by atoms with Crippen LogP contribution >= 0.6 is 11.6 Å². The molecule has 1 aromatic heterocycles. The Hall–Kier alpha value is -3.40. The molecule has 4 N–H and O–H groups in total. The van der Waals surface area contributed by atoms with Crippen molar-refractivity contribution in [2.24, 2.45) is 0 Å². The van der Waals surface area contributed by atoms with Gasteiger partial charge >= 0.3 is 6.09 Å². The van der Waals surface area contributed by atoms with E-state index in [-0.39, 0.29) is 52.5 Å². The van der Waals surface area contributed by atoms with E-state index in [1.807, 2.05) is 0 Å². The van der Waals surface area contributed by atoms with Gasteiger partial charge in [-0.3, -0.25) is 14.6 Å². The second-order valence-electron chi connectivity index (χ2n) is 8.17. The Balaban J connectivity index is 1.23. The number of carbonyl (C=O) groups is 3. The van der Waals surface area contributed by atoms with Gasteiger partial charge in [-0.25, -0.2) is 9.18 Å². The third-order valence-electron chi connectivity index (χ3n) is 5.58. The van der Waals surface area contributed by atoms with Crippen molar-refractivity contribution in [3.8, 4) is 5.75 Å². The van der Waals surface area contributed by atoms with Crippen molar-refractivity contribution in [2.75, 3.05) is 6.61 Å². The number of carboxylic acid groups (broad SMARTS) is 1. The normalized spacial score (nSPS) is 22.7. The first-order chi connectivity index (χ1) is 15.2. The Morgan fingerprint density at radius 3 is 2.53 bits per heavy atom. The van der Waals surface area contributed by atoms with E-state index in [9.17, 15) is 18.8 Å². The van der Waals surface area contributed by atoms with Crippen LogP contribution in [0.5, 0.6) is 5.75 Å². The molecule has 9 nitrogen and oxygen atoms in total. The average Bonchev–Trinajstić information content (AvgIpc) is 2.70. The summed E-state index contributed by atoms with van der Waals surface area (Å²) in [5.41, 5.74) is 0.0526. The number of halogens is 2. The molecule has 1 heterocycles. The molecule has 5 rings (SSSR count). The number of hydrogen-bond donors (Lipinski definition) is 4. The van der Waals surface area contributed by atoms with Crippen LogP contribution < -0.4 is 20.7 Å². The van der Waals surface area contributed by atoms with Crippen LogP contribution in [0.1, 0.15) is 35.3 Å². The van der Waals surface area contributed by atoms with Gasteiger partial charge in [0.25, 0.3) is 11.8 Å². The molecular weight excluding hydrogens is 443 g/mol. The molecule has 3 saturated carbocycles. The Morgan fingerprint density at radius 2 is 1.84 bits per heavy atom. The minimum atomic E-state index is -1.15. The minimum Gasteiger partial charge on any atom is -0.484 e. The molecule has 0 saturated heterocycles. The van der Waals surface area contributed by atoms with E-state index in [1.54, 1.807) is 6.07 Å². The van der Waals surface area contributed by atoms with E-state index in [0.29, 0.717) is 24.8 Å². The minimum absolute atomic E-state index is 0.0260. The fourth-order valence-corrected chi connectivity index (χ4v) is 4.41. The second-order valence-corrected chi connectivity index (χ2v) is 8.57. The Bertz CT molecular complexity index is 1080. The van der Waals surface area contributed by atoms with Gasteiger partial charge in [-0.1, -0.05) is 11.6 Å². The van der Waals surface area contributed by atoms with Crippen molar-refractivity contribution in [2.45, 2.75) is 36.9 Å². The zero-order valence-corrected chi connectivity index (χ0v) is 17.5. The highest BCUT2D eigenvalue weighted by Gasteiger charge is 2.69.